The standard InChI is InChI=1S/C23H20F2N6O3/c1-14-10-15(2)31(30-14)20-12-21(27-13-26-20)33-18-8-6-16(7-9-18)28-23(32)29-17-4-3-5-19(11-17)34-22(24)25/h3-13,22H,1-2H3,(H2,28,29,32). The highest BCUT2D eigenvalue weighted by Gasteiger charge is 2.09. The number of hydrogen-bond donors (Lipinski definition) is 2. The van der Waals surface area contributed by atoms with Crippen molar-refractivity contribution in [3.8, 4) is 23.2 Å². The lowest BCUT2D eigenvalue weighted by Crippen LogP contribution is -2.19. The number of rotatable bonds is 7. The molecule has 0 aliphatic carbocycles. The number of alkyl halides is 2. The van der Waals surface area contributed by atoms with Crippen molar-refractivity contribution in [3.63, 3.8) is 0 Å². The molecule has 174 valence electrons. The molecule has 2 aromatic heterocycles. The summed E-state index contributed by atoms with van der Waals surface area (Å²) in [4.78, 5) is 20.6. The van der Waals surface area contributed by atoms with Gasteiger partial charge in [-0.1, -0.05) is 6.07 Å². The highest BCUT2D eigenvalue weighted by atomic mass is 19.3. The smallest absolute Gasteiger partial charge is 0.387 e. The first-order chi connectivity index (χ1) is 16.4. The van der Waals surface area contributed by atoms with Gasteiger partial charge in [0, 0.05) is 29.2 Å². The van der Waals surface area contributed by atoms with Gasteiger partial charge in [-0.05, 0) is 56.3 Å². The molecule has 2 aromatic carbocycles. The first kappa shape index (κ1) is 22.6. The number of nitrogens with zero attached hydrogens (tertiary/aromatic N) is 4. The fourth-order valence-corrected chi connectivity index (χ4v) is 3.13. The number of halogens is 2. The summed E-state index contributed by atoms with van der Waals surface area (Å²) < 4.78 is 36.5. The third-order valence-electron chi connectivity index (χ3n) is 4.51. The molecule has 2 N–H and O–H groups in total. The molecule has 0 saturated heterocycles. The minimum absolute atomic E-state index is 0.0555. The van der Waals surface area contributed by atoms with E-state index in [0.717, 1.165) is 11.4 Å². The van der Waals surface area contributed by atoms with Crippen LogP contribution in [0, 0.1) is 13.8 Å². The Hall–Kier alpha value is -4.54. The summed E-state index contributed by atoms with van der Waals surface area (Å²) >= 11 is 0. The lowest BCUT2D eigenvalue weighted by Gasteiger charge is -2.10. The molecule has 2 heterocycles. The average Bonchev–Trinajstić information content (AvgIpc) is 3.13. The van der Waals surface area contributed by atoms with Gasteiger partial charge in [0.05, 0.1) is 5.69 Å². The fourth-order valence-electron chi connectivity index (χ4n) is 3.13. The van der Waals surface area contributed by atoms with E-state index < -0.39 is 12.6 Å². The largest absolute Gasteiger partial charge is 0.439 e. The number of ether oxygens (including phenoxy) is 2. The summed E-state index contributed by atoms with van der Waals surface area (Å²) in [6.45, 7) is 0.882. The van der Waals surface area contributed by atoms with Crippen LogP contribution in [0.1, 0.15) is 11.4 Å². The molecule has 0 unspecified atom stereocenters. The average molecular weight is 466 g/mol. The van der Waals surface area contributed by atoms with Gasteiger partial charge in [-0.15, -0.1) is 0 Å². The zero-order valence-corrected chi connectivity index (χ0v) is 18.2. The lowest BCUT2D eigenvalue weighted by molar-refractivity contribution is -0.0498. The van der Waals surface area contributed by atoms with Gasteiger partial charge in [0.15, 0.2) is 5.82 Å². The second-order valence-electron chi connectivity index (χ2n) is 7.17. The molecular formula is C23H20F2N6O3. The third kappa shape index (κ3) is 5.82. The minimum Gasteiger partial charge on any atom is -0.439 e. The van der Waals surface area contributed by atoms with Crippen molar-refractivity contribution < 1.29 is 23.0 Å². The Labute approximate surface area is 193 Å². The van der Waals surface area contributed by atoms with E-state index in [9.17, 15) is 13.6 Å². The van der Waals surface area contributed by atoms with Crippen LogP contribution in [-0.2, 0) is 0 Å². The van der Waals surface area contributed by atoms with E-state index in [2.05, 4.69) is 30.4 Å². The monoisotopic (exact) mass is 466 g/mol. The number of carbonyl (C=O) groups excluding carboxylic acids is 1. The van der Waals surface area contributed by atoms with E-state index in [0.29, 0.717) is 28.8 Å². The van der Waals surface area contributed by atoms with Gasteiger partial charge < -0.3 is 20.1 Å². The maximum absolute atomic E-state index is 12.3. The van der Waals surface area contributed by atoms with Crippen molar-refractivity contribution in [1.82, 2.24) is 19.7 Å². The Balaban J connectivity index is 1.37. The van der Waals surface area contributed by atoms with Crippen LogP contribution in [0.3, 0.4) is 0 Å². The summed E-state index contributed by atoms with van der Waals surface area (Å²) in [6.07, 6.45) is 1.39. The molecule has 0 aliphatic heterocycles. The van der Waals surface area contributed by atoms with Gasteiger partial charge in [0.1, 0.15) is 17.8 Å². The maximum atomic E-state index is 12.3. The van der Waals surface area contributed by atoms with Crippen LogP contribution in [-0.4, -0.2) is 32.4 Å². The van der Waals surface area contributed by atoms with Gasteiger partial charge >= 0.3 is 12.6 Å². The normalized spacial score (nSPS) is 10.7. The zero-order chi connectivity index (χ0) is 24.1. The summed E-state index contributed by atoms with van der Waals surface area (Å²) in [5.41, 5.74) is 2.61. The number of urea groups is 1. The fraction of sp³-hybridized carbons (Fsp3) is 0.130. The lowest BCUT2D eigenvalue weighted by atomic mass is 10.3. The molecule has 0 atom stereocenters. The third-order valence-corrected chi connectivity index (χ3v) is 4.51. The van der Waals surface area contributed by atoms with Gasteiger partial charge in [-0.3, -0.25) is 0 Å². The molecule has 4 rings (SSSR count). The summed E-state index contributed by atoms with van der Waals surface area (Å²) in [6, 6.07) is 15.4. The molecule has 0 fully saturated rings. The van der Waals surface area contributed by atoms with Crippen LogP contribution in [0.4, 0.5) is 25.0 Å². The molecule has 34 heavy (non-hydrogen) atoms. The molecule has 4 aromatic rings. The number of anilines is 2. The molecule has 2 amide bonds. The number of aryl methyl sites for hydroxylation is 2. The summed E-state index contributed by atoms with van der Waals surface area (Å²) in [5, 5.41) is 9.60. The quantitative estimate of drug-likeness (QED) is 0.382. The SMILES string of the molecule is Cc1cc(C)n(-c2cc(Oc3ccc(NC(=O)Nc4cccc(OC(F)F)c4)cc3)ncn2)n1. The summed E-state index contributed by atoms with van der Waals surface area (Å²) in [7, 11) is 0. The van der Waals surface area contributed by atoms with Gasteiger partial charge in [0.2, 0.25) is 5.88 Å². The number of nitrogens with one attached hydrogen (secondary N) is 2. The molecular weight excluding hydrogens is 446 g/mol. The van der Waals surface area contributed by atoms with E-state index in [-0.39, 0.29) is 5.75 Å². The van der Waals surface area contributed by atoms with Crippen molar-refractivity contribution >= 4 is 17.4 Å². The highest BCUT2D eigenvalue weighted by molar-refractivity contribution is 5.99. The summed E-state index contributed by atoms with van der Waals surface area (Å²) in [5.74, 6) is 1.36. The van der Waals surface area contributed by atoms with Crippen LogP contribution in [0.5, 0.6) is 17.4 Å². The molecule has 9 nitrogen and oxygen atoms in total. The molecule has 0 radical (unpaired) electrons. The molecule has 0 saturated carbocycles. The first-order valence-electron chi connectivity index (χ1n) is 10.1. The zero-order valence-electron chi connectivity index (χ0n) is 18.2. The van der Waals surface area contributed by atoms with Crippen molar-refractivity contribution in [2.45, 2.75) is 20.5 Å². The van der Waals surface area contributed by atoms with Crippen LogP contribution in [0.25, 0.3) is 5.82 Å². The van der Waals surface area contributed by atoms with Crippen molar-refractivity contribution in [2.75, 3.05) is 10.6 Å². The molecule has 0 bridgehead atoms. The first-order valence-corrected chi connectivity index (χ1v) is 10.1. The van der Waals surface area contributed by atoms with Crippen LogP contribution < -0.4 is 20.1 Å². The molecule has 11 heteroatoms. The Morgan fingerprint density at radius 3 is 2.41 bits per heavy atom. The van der Waals surface area contributed by atoms with Crippen molar-refractivity contribution in [1.29, 1.82) is 0 Å². The second kappa shape index (κ2) is 9.94. The van der Waals surface area contributed by atoms with Crippen molar-refractivity contribution in [3.05, 3.63) is 78.4 Å². The van der Waals surface area contributed by atoms with Gasteiger partial charge in [-0.2, -0.15) is 13.9 Å². The maximum Gasteiger partial charge on any atom is 0.387 e. The van der Waals surface area contributed by atoms with Crippen LogP contribution >= 0.6 is 0 Å². The van der Waals surface area contributed by atoms with E-state index >= 15 is 0 Å². The van der Waals surface area contributed by atoms with E-state index in [1.165, 1.54) is 24.5 Å². The Bertz CT molecular complexity index is 1290. The minimum atomic E-state index is -2.95. The molecule has 0 spiro atoms. The number of benzene rings is 2. The van der Waals surface area contributed by atoms with Crippen LogP contribution in [0.15, 0.2) is 67.0 Å². The number of hydrogen-bond acceptors (Lipinski definition) is 6. The predicted octanol–water partition coefficient (Wildman–Crippen LogP) is 5.32. The number of amides is 2. The van der Waals surface area contributed by atoms with E-state index in [4.69, 9.17) is 4.74 Å². The predicted molar refractivity (Wildman–Crippen MR) is 121 cm³/mol. The highest BCUT2D eigenvalue weighted by Crippen LogP contribution is 2.23. The number of aromatic nitrogens is 4. The van der Waals surface area contributed by atoms with Gasteiger partial charge in [0.25, 0.3) is 0 Å². The molecule has 0 aliphatic rings. The second-order valence-corrected chi connectivity index (χ2v) is 7.17. The van der Waals surface area contributed by atoms with Crippen LogP contribution in [0.2, 0.25) is 0 Å². The Morgan fingerprint density at radius 2 is 1.71 bits per heavy atom. The van der Waals surface area contributed by atoms with E-state index in [1.807, 2.05) is 19.9 Å². The van der Waals surface area contributed by atoms with Crippen molar-refractivity contribution in [2.24, 2.45) is 0 Å². The van der Waals surface area contributed by atoms with Gasteiger partial charge in [-0.25, -0.2) is 19.4 Å². The topological polar surface area (TPSA) is 103 Å². The van der Waals surface area contributed by atoms with E-state index in [1.54, 1.807) is 41.1 Å². The Morgan fingerprint density at radius 1 is 0.941 bits per heavy atom. The number of carbonyl (C=O) groups is 1. The Kier molecular flexibility index (Phi) is 6.62.